The number of hydrogen-bond acceptors (Lipinski definition) is 4. The molecule has 0 saturated heterocycles. The fraction of sp³-hybridized carbons (Fsp3) is 0.167. The van der Waals surface area contributed by atoms with Crippen molar-refractivity contribution in [3.05, 3.63) is 44.3 Å². The van der Waals surface area contributed by atoms with Gasteiger partial charge in [0.05, 0.1) is 0 Å². The number of halogens is 1. The maximum Gasteiger partial charge on any atom is 0.271 e. The predicted molar refractivity (Wildman–Crippen MR) is 86.9 cm³/mol. The number of sulfonamides is 1. The Labute approximate surface area is 130 Å². The zero-order valence-electron chi connectivity index (χ0n) is 10.2. The molecule has 102 valence electrons. The second-order valence-electron chi connectivity index (χ2n) is 3.99. The van der Waals surface area contributed by atoms with E-state index in [4.69, 9.17) is 5.73 Å². The molecule has 19 heavy (non-hydrogen) atoms. The van der Waals surface area contributed by atoms with Crippen molar-refractivity contribution in [2.45, 2.75) is 17.7 Å². The molecular formula is C12H13IN2O2S2. The van der Waals surface area contributed by atoms with Gasteiger partial charge in [-0.25, -0.2) is 8.42 Å². The zero-order valence-corrected chi connectivity index (χ0v) is 14.0. The van der Waals surface area contributed by atoms with Crippen LogP contribution in [0.15, 0.2) is 34.5 Å². The molecule has 0 bridgehead atoms. The molecule has 0 fully saturated rings. The normalized spacial score (nSPS) is 11.5. The number of benzene rings is 1. The number of hydrogen-bond donors (Lipinski definition) is 2. The third-order valence-electron chi connectivity index (χ3n) is 2.53. The standard InChI is InChI=1S/C12H13IN2O2S2/c1-8-5-12(18-11(8)7-14)19(16,17)15-10-4-2-3-9(13)6-10/h2-6,15H,7,14H2,1H3. The lowest BCUT2D eigenvalue weighted by Gasteiger charge is -2.06. The van der Waals surface area contributed by atoms with Crippen molar-refractivity contribution >= 4 is 49.6 Å². The first kappa shape index (κ1) is 14.8. The summed E-state index contributed by atoms with van der Waals surface area (Å²) in [6, 6.07) is 8.88. The van der Waals surface area contributed by atoms with E-state index in [1.54, 1.807) is 18.2 Å². The molecule has 0 saturated carbocycles. The van der Waals surface area contributed by atoms with Crippen LogP contribution < -0.4 is 10.5 Å². The van der Waals surface area contributed by atoms with Gasteiger partial charge in [-0.15, -0.1) is 11.3 Å². The topological polar surface area (TPSA) is 72.2 Å². The maximum absolute atomic E-state index is 12.3. The monoisotopic (exact) mass is 408 g/mol. The summed E-state index contributed by atoms with van der Waals surface area (Å²) < 4.78 is 28.3. The lowest BCUT2D eigenvalue weighted by molar-refractivity contribution is 0.603. The van der Waals surface area contributed by atoms with Crippen LogP contribution in [-0.4, -0.2) is 8.42 Å². The van der Waals surface area contributed by atoms with Crippen LogP contribution in [0.2, 0.25) is 0 Å². The second-order valence-corrected chi connectivity index (χ2v) is 8.28. The van der Waals surface area contributed by atoms with Gasteiger partial charge in [0.25, 0.3) is 10.0 Å². The van der Waals surface area contributed by atoms with Crippen LogP contribution in [-0.2, 0) is 16.6 Å². The summed E-state index contributed by atoms with van der Waals surface area (Å²) in [4.78, 5) is 0.892. The van der Waals surface area contributed by atoms with E-state index in [0.717, 1.165) is 14.0 Å². The quantitative estimate of drug-likeness (QED) is 0.765. The Bertz CT molecular complexity index is 696. The number of anilines is 1. The molecule has 0 aliphatic rings. The van der Waals surface area contributed by atoms with E-state index >= 15 is 0 Å². The van der Waals surface area contributed by atoms with Crippen LogP contribution >= 0.6 is 33.9 Å². The van der Waals surface area contributed by atoms with Crippen LogP contribution in [0.25, 0.3) is 0 Å². The molecule has 1 aromatic heterocycles. The summed E-state index contributed by atoms with van der Waals surface area (Å²) in [5.41, 5.74) is 7.05. The Hall–Kier alpha value is -0.640. The van der Waals surface area contributed by atoms with Crippen molar-refractivity contribution in [3.8, 4) is 0 Å². The molecule has 0 radical (unpaired) electrons. The Morgan fingerprint density at radius 1 is 1.37 bits per heavy atom. The first-order valence-electron chi connectivity index (χ1n) is 5.50. The number of aryl methyl sites for hydroxylation is 1. The molecule has 0 amide bonds. The van der Waals surface area contributed by atoms with E-state index < -0.39 is 10.0 Å². The average Bonchev–Trinajstić information content (AvgIpc) is 2.71. The first-order valence-corrected chi connectivity index (χ1v) is 8.88. The molecule has 0 unspecified atom stereocenters. The molecule has 1 aromatic carbocycles. The molecule has 0 atom stereocenters. The fourth-order valence-corrected chi connectivity index (χ4v) is 4.64. The molecule has 1 heterocycles. The largest absolute Gasteiger partial charge is 0.326 e. The predicted octanol–water partition coefficient (Wildman–Crippen LogP) is 2.92. The lowest BCUT2D eigenvalue weighted by atomic mass is 10.3. The molecule has 2 rings (SSSR count). The van der Waals surface area contributed by atoms with E-state index in [1.807, 2.05) is 19.1 Å². The Balaban J connectivity index is 2.32. The molecule has 7 heteroatoms. The highest BCUT2D eigenvalue weighted by Crippen LogP contribution is 2.27. The minimum Gasteiger partial charge on any atom is -0.326 e. The highest BCUT2D eigenvalue weighted by atomic mass is 127. The Morgan fingerprint density at radius 3 is 2.68 bits per heavy atom. The number of rotatable bonds is 4. The van der Waals surface area contributed by atoms with E-state index in [1.165, 1.54) is 11.3 Å². The fourth-order valence-electron chi connectivity index (χ4n) is 1.58. The van der Waals surface area contributed by atoms with Crippen molar-refractivity contribution in [3.63, 3.8) is 0 Å². The third-order valence-corrected chi connectivity index (χ3v) is 6.31. The highest BCUT2D eigenvalue weighted by molar-refractivity contribution is 14.1. The smallest absolute Gasteiger partial charge is 0.271 e. The van der Waals surface area contributed by atoms with Gasteiger partial charge in [-0.05, 0) is 59.3 Å². The van der Waals surface area contributed by atoms with Gasteiger partial charge in [-0.2, -0.15) is 0 Å². The zero-order chi connectivity index (χ0) is 14.0. The van der Waals surface area contributed by atoms with Crippen molar-refractivity contribution in [2.24, 2.45) is 5.73 Å². The number of thiophene rings is 1. The molecule has 2 aromatic rings. The van der Waals surface area contributed by atoms with Gasteiger partial charge >= 0.3 is 0 Å². The van der Waals surface area contributed by atoms with E-state index in [-0.39, 0.29) is 0 Å². The molecule has 4 nitrogen and oxygen atoms in total. The van der Waals surface area contributed by atoms with E-state index in [2.05, 4.69) is 27.3 Å². The molecule has 0 aliphatic carbocycles. The maximum atomic E-state index is 12.3. The Kier molecular flexibility index (Phi) is 4.49. The minimum absolute atomic E-state index is 0.296. The van der Waals surface area contributed by atoms with Gasteiger partial charge in [-0.3, -0.25) is 4.72 Å². The van der Waals surface area contributed by atoms with Crippen LogP contribution in [0, 0.1) is 10.5 Å². The molecule has 0 spiro atoms. The van der Waals surface area contributed by atoms with E-state index in [9.17, 15) is 8.42 Å². The molecule has 3 N–H and O–H groups in total. The summed E-state index contributed by atoms with van der Waals surface area (Å²) in [5.74, 6) is 0. The van der Waals surface area contributed by atoms with Crippen LogP contribution in [0.4, 0.5) is 5.69 Å². The number of nitrogens with one attached hydrogen (secondary N) is 1. The van der Waals surface area contributed by atoms with Gasteiger partial charge in [0.2, 0.25) is 0 Å². The first-order chi connectivity index (χ1) is 8.92. The number of nitrogens with two attached hydrogens (primary N) is 1. The SMILES string of the molecule is Cc1cc(S(=O)(=O)Nc2cccc(I)c2)sc1CN. The Morgan fingerprint density at radius 2 is 2.11 bits per heavy atom. The van der Waals surface area contributed by atoms with Gasteiger partial charge < -0.3 is 5.73 Å². The third kappa shape index (κ3) is 3.47. The lowest BCUT2D eigenvalue weighted by Crippen LogP contribution is -2.11. The van der Waals surface area contributed by atoms with E-state index in [0.29, 0.717) is 16.4 Å². The average molecular weight is 408 g/mol. The summed E-state index contributed by atoms with van der Waals surface area (Å²) in [6.07, 6.45) is 0. The van der Waals surface area contributed by atoms with Gasteiger partial charge in [0.1, 0.15) is 4.21 Å². The summed E-state index contributed by atoms with van der Waals surface area (Å²) in [5, 5.41) is 0. The van der Waals surface area contributed by atoms with Crippen molar-refractivity contribution in [1.29, 1.82) is 0 Å². The van der Waals surface area contributed by atoms with Crippen molar-refractivity contribution in [2.75, 3.05) is 4.72 Å². The van der Waals surface area contributed by atoms with Gasteiger partial charge in [0, 0.05) is 20.7 Å². The second kappa shape index (κ2) is 5.78. The molecular weight excluding hydrogens is 395 g/mol. The van der Waals surface area contributed by atoms with Crippen molar-refractivity contribution in [1.82, 2.24) is 0 Å². The summed E-state index contributed by atoms with van der Waals surface area (Å²) >= 11 is 3.35. The minimum atomic E-state index is -3.53. The van der Waals surface area contributed by atoms with Crippen LogP contribution in [0.1, 0.15) is 10.4 Å². The highest BCUT2D eigenvalue weighted by Gasteiger charge is 2.18. The van der Waals surface area contributed by atoms with Gasteiger partial charge in [0.15, 0.2) is 0 Å². The van der Waals surface area contributed by atoms with Gasteiger partial charge in [-0.1, -0.05) is 6.07 Å². The van der Waals surface area contributed by atoms with Crippen molar-refractivity contribution < 1.29 is 8.42 Å². The van der Waals surface area contributed by atoms with Crippen LogP contribution in [0.5, 0.6) is 0 Å². The molecule has 0 aliphatic heterocycles. The summed E-state index contributed by atoms with van der Waals surface area (Å²) in [6.45, 7) is 2.22. The van der Waals surface area contributed by atoms with Crippen LogP contribution in [0.3, 0.4) is 0 Å². The summed E-state index contributed by atoms with van der Waals surface area (Å²) in [7, 11) is -3.53.